The number of benzene rings is 2. The van der Waals surface area contributed by atoms with Crippen LogP contribution in [0, 0.1) is 6.92 Å². The van der Waals surface area contributed by atoms with Gasteiger partial charge in [-0.25, -0.2) is 0 Å². The molecular weight excluding hydrogens is 324 g/mol. The van der Waals surface area contributed by atoms with Crippen molar-refractivity contribution in [3.63, 3.8) is 0 Å². The van der Waals surface area contributed by atoms with Gasteiger partial charge in [-0.15, -0.1) is 0 Å². The van der Waals surface area contributed by atoms with Crippen LogP contribution in [0.3, 0.4) is 0 Å². The number of nitrogens with zero attached hydrogens (tertiary/aromatic N) is 4. The second-order valence-corrected chi connectivity index (χ2v) is 7.09. The molecule has 0 bridgehead atoms. The molecule has 4 rings (SSSR count). The van der Waals surface area contributed by atoms with Crippen LogP contribution in [0.25, 0.3) is 27.6 Å². The molecule has 2 aromatic carbocycles. The summed E-state index contributed by atoms with van der Waals surface area (Å²) >= 11 is 0. The van der Waals surface area contributed by atoms with Crippen molar-refractivity contribution in [2.75, 3.05) is 14.1 Å². The molecule has 0 aliphatic rings. The Morgan fingerprint density at radius 2 is 1.77 bits per heavy atom. The summed E-state index contributed by atoms with van der Waals surface area (Å²) < 4.78 is 3.79. The van der Waals surface area contributed by atoms with Crippen LogP contribution in [0.15, 0.2) is 53.5 Å². The van der Waals surface area contributed by atoms with Crippen molar-refractivity contribution < 1.29 is 0 Å². The summed E-state index contributed by atoms with van der Waals surface area (Å²) in [7, 11) is 5.94. The van der Waals surface area contributed by atoms with Crippen LogP contribution in [0.4, 0.5) is 0 Å². The van der Waals surface area contributed by atoms with Gasteiger partial charge in [0, 0.05) is 24.7 Å². The summed E-state index contributed by atoms with van der Waals surface area (Å²) in [4.78, 5) is 15.1. The molecule has 0 saturated heterocycles. The maximum absolute atomic E-state index is 13.0. The third-order valence-corrected chi connectivity index (χ3v) is 4.71. The Bertz CT molecular complexity index is 1170. The summed E-state index contributed by atoms with van der Waals surface area (Å²) in [6.45, 7) is 2.90. The lowest BCUT2D eigenvalue weighted by molar-refractivity contribution is 0.402. The number of hydrogen-bond donors (Lipinski definition) is 0. The van der Waals surface area contributed by atoms with E-state index in [0.29, 0.717) is 5.52 Å². The van der Waals surface area contributed by atoms with E-state index in [0.717, 1.165) is 34.2 Å². The van der Waals surface area contributed by atoms with Gasteiger partial charge in [0.25, 0.3) is 0 Å². The minimum absolute atomic E-state index is 0.0270. The van der Waals surface area contributed by atoms with Gasteiger partial charge in [0.15, 0.2) is 0 Å². The van der Waals surface area contributed by atoms with Gasteiger partial charge in [-0.3, -0.25) is 9.48 Å². The molecule has 0 saturated carbocycles. The van der Waals surface area contributed by atoms with Crippen LogP contribution >= 0.6 is 0 Å². The van der Waals surface area contributed by atoms with Gasteiger partial charge in [-0.1, -0.05) is 23.8 Å². The van der Waals surface area contributed by atoms with Crippen molar-refractivity contribution in [3.8, 4) is 5.69 Å². The summed E-state index contributed by atoms with van der Waals surface area (Å²) in [6, 6.07) is 14.5. The van der Waals surface area contributed by atoms with Gasteiger partial charge in [0.1, 0.15) is 5.52 Å². The molecule has 132 valence electrons. The third kappa shape index (κ3) is 2.61. The van der Waals surface area contributed by atoms with E-state index in [2.05, 4.69) is 52.9 Å². The molecule has 0 radical (unpaired) electrons. The van der Waals surface area contributed by atoms with E-state index in [-0.39, 0.29) is 5.43 Å². The fourth-order valence-electron chi connectivity index (χ4n) is 3.53. The minimum Gasteiger partial charge on any atom is -0.306 e. The van der Waals surface area contributed by atoms with Gasteiger partial charge in [-0.05, 0) is 50.8 Å². The van der Waals surface area contributed by atoms with Crippen LogP contribution in [0.5, 0.6) is 0 Å². The summed E-state index contributed by atoms with van der Waals surface area (Å²) in [6.07, 6.45) is 1.77. The second kappa shape index (κ2) is 6.11. The lowest BCUT2D eigenvalue weighted by Gasteiger charge is -2.15. The Kier molecular flexibility index (Phi) is 3.89. The normalized spacial score (nSPS) is 11.7. The Labute approximate surface area is 152 Å². The number of pyridine rings is 1. The first-order valence-electron chi connectivity index (χ1n) is 8.67. The zero-order chi connectivity index (χ0) is 18.4. The molecule has 0 aliphatic heterocycles. The molecule has 0 N–H and O–H groups in total. The summed E-state index contributed by atoms with van der Waals surface area (Å²) in [5.41, 5.74) is 5.74. The standard InChI is InChI=1S/C21H22N4O/c1-14-5-10-18-17(11-14)21(26)20-19(12-22-24(20)4)25(18)16-8-6-15(7-9-16)13-23(2)3/h5-12H,13H2,1-4H3. The maximum atomic E-state index is 13.0. The highest BCUT2D eigenvalue weighted by molar-refractivity contribution is 5.93. The van der Waals surface area contributed by atoms with E-state index in [1.165, 1.54) is 5.56 Å². The van der Waals surface area contributed by atoms with Crippen LogP contribution in [0.2, 0.25) is 0 Å². The van der Waals surface area contributed by atoms with Gasteiger partial charge in [-0.2, -0.15) is 5.10 Å². The van der Waals surface area contributed by atoms with Crippen molar-refractivity contribution in [2.45, 2.75) is 13.5 Å². The average Bonchev–Trinajstić information content (AvgIpc) is 2.98. The lowest BCUT2D eigenvalue weighted by atomic mass is 10.1. The molecule has 0 amide bonds. The Hall–Kier alpha value is -2.92. The first-order chi connectivity index (χ1) is 12.5. The lowest BCUT2D eigenvalue weighted by Crippen LogP contribution is -2.13. The van der Waals surface area contributed by atoms with Crippen LogP contribution < -0.4 is 5.43 Å². The van der Waals surface area contributed by atoms with Gasteiger partial charge in [0.2, 0.25) is 5.43 Å². The van der Waals surface area contributed by atoms with Gasteiger partial charge >= 0.3 is 0 Å². The van der Waals surface area contributed by atoms with Crippen molar-refractivity contribution >= 4 is 21.9 Å². The number of aromatic nitrogens is 3. The summed E-state index contributed by atoms with van der Waals surface area (Å²) in [5, 5.41) is 5.06. The highest BCUT2D eigenvalue weighted by Crippen LogP contribution is 2.24. The Balaban J connectivity index is 2.04. The van der Waals surface area contributed by atoms with Crippen molar-refractivity contribution in [1.29, 1.82) is 0 Å². The molecule has 0 unspecified atom stereocenters. The third-order valence-electron chi connectivity index (χ3n) is 4.71. The fraction of sp³-hybridized carbons (Fsp3) is 0.238. The average molecular weight is 346 g/mol. The number of hydrogen-bond acceptors (Lipinski definition) is 3. The Morgan fingerprint density at radius 1 is 1.04 bits per heavy atom. The minimum atomic E-state index is 0.0270. The van der Waals surface area contributed by atoms with Crippen molar-refractivity contribution in [1.82, 2.24) is 19.2 Å². The molecule has 5 heteroatoms. The molecule has 26 heavy (non-hydrogen) atoms. The molecule has 0 atom stereocenters. The quantitative estimate of drug-likeness (QED) is 0.572. The summed E-state index contributed by atoms with van der Waals surface area (Å²) in [5.74, 6) is 0. The largest absolute Gasteiger partial charge is 0.306 e. The Morgan fingerprint density at radius 3 is 2.46 bits per heavy atom. The predicted octanol–water partition coefficient (Wildman–Crippen LogP) is 3.25. The van der Waals surface area contributed by atoms with E-state index in [1.807, 2.05) is 32.2 Å². The van der Waals surface area contributed by atoms with Crippen LogP contribution in [0.1, 0.15) is 11.1 Å². The zero-order valence-electron chi connectivity index (χ0n) is 15.5. The van der Waals surface area contributed by atoms with E-state index in [4.69, 9.17) is 0 Å². The highest BCUT2D eigenvalue weighted by Gasteiger charge is 2.15. The van der Waals surface area contributed by atoms with Crippen molar-refractivity contribution in [3.05, 3.63) is 70.0 Å². The van der Waals surface area contributed by atoms with Crippen LogP contribution in [-0.4, -0.2) is 33.3 Å². The number of rotatable bonds is 3. The molecule has 4 aromatic rings. The second-order valence-electron chi connectivity index (χ2n) is 7.09. The van der Waals surface area contributed by atoms with E-state index < -0.39 is 0 Å². The van der Waals surface area contributed by atoms with E-state index in [1.54, 1.807) is 10.9 Å². The molecular formula is C21H22N4O. The van der Waals surface area contributed by atoms with E-state index >= 15 is 0 Å². The smallest absolute Gasteiger partial charge is 0.215 e. The number of fused-ring (bicyclic) bond motifs is 2. The first kappa shape index (κ1) is 16.5. The van der Waals surface area contributed by atoms with Crippen molar-refractivity contribution in [2.24, 2.45) is 7.05 Å². The van der Waals surface area contributed by atoms with Crippen LogP contribution in [-0.2, 0) is 13.6 Å². The SMILES string of the molecule is Cc1ccc2c(c1)c(=O)c1c(cnn1C)n2-c1ccc(CN(C)C)cc1. The maximum Gasteiger partial charge on any atom is 0.215 e. The highest BCUT2D eigenvalue weighted by atomic mass is 16.1. The van der Waals surface area contributed by atoms with Gasteiger partial charge in [0.05, 0.1) is 17.2 Å². The van der Waals surface area contributed by atoms with Gasteiger partial charge < -0.3 is 9.47 Å². The molecule has 5 nitrogen and oxygen atoms in total. The van der Waals surface area contributed by atoms with E-state index in [9.17, 15) is 4.79 Å². The fourth-order valence-corrected chi connectivity index (χ4v) is 3.53. The predicted molar refractivity (Wildman–Crippen MR) is 106 cm³/mol. The molecule has 0 aliphatic carbocycles. The molecule has 0 spiro atoms. The molecule has 2 heterocycles. The topological polar surface area (TPSA) is 43.1 Å². The number of aryl methyl sites for hydroxylation is 2. The molecule has 2 aromatic heterocycles. The molecule has 0 fully saturated rings. The monoisotopic (exact) mass is 346 g/mol. The first-order valence-corrected chi connectivity index (χ1v) is 8.67. The zero-order valence-corrected chi connectivity index (χ0v) is 15.5.